The summed E-state index contributed by atoms with van der Waals surface area (Å²) in [6.07, 6.45) is 0. The SMILES string of the molecule is Fc1cccc(C#Cc2cccc(F)c2F)c1F. The molecule has 0 unspecified atom stereocenters. The van der Waals surface area contributed by atoms with Crippen LogP contribution in [0, 0.1) is 35.1 Å². The highest BCUT2D eigenvalue weighted by Crippen LogP contribution is 2.12. The van der Waals surface area contributed by atoms with E-state index < -0.39 is 23.3 Å². The van der Waals surface area contributed by atoms with Gasteiger partial charge >= 0.3 is 0 Å². The lowest BCUT2D eigenvalue weighted by Gasteiger charge is -1.96. The third-order valence-corrected chi connectivity index (χ3v) is 2.24. The minimum absolute atomic E-state index is 0.210. The van der Waals surface area contributed by atoms with Gasteiger partial charge in [0.15, 0.2) is 23.3 Å². The maximum absolute atomic E-state index is 13.2. The molecule has 0 radical (unpaired) electrons. The van der Waals surface area contributed by atoms with Gasteiger partial charge in [-0.1, -0.05) is 24.0 Å². The summed E-state index contributed by atoms with van der Waals surface area (Å²) in [6, 6.07) is 6.96. The topological polar surface area (TPSA) is 0 Å². The Hall–Kier alpha value is -2.28. The van der Waals surface area contributed by atoms with Crippen LogP contribution in [0.25, 0.3) is 0 Å². The molecule has 0 spiro atoms. The summed E-state index contributed by atoms with van der Waals surface area (Å²) < 4.78 is 52.2. The number of hydrogen-bond donors (Lipinski definition) is 0. The van der Waals surface area contributed by atoms with Crippen LogP contribution in [-0.4, -0.2) is 0 Å². The van der Waals surface area contributed by atoms with Crippen LogP contribution in [-0.2, 0) is 0 Å². The van der Waals surface area contributed by atoms with Gasteiger partial charge in [0, 0.05) is 0 Å². The first-order valence-corrected chi connectivity index (χ1v) is 4.99. The highest BCUT2D eigenvalue weighted by molar-refractivity contribution is 5.44. The Morgan fingerprint density at radius 1 is 0.611 bits per heavy atom. The van der Waals surface area contributed by atoms with Crippen molar-refractivity contribution in [3.05, 3.63) is 70.8 Å². The molecule has 0 bridgehead atoms. The average Bonchev–Trinajstić information content (AvgIpc) is 2.36. The number of rotatable bonds is 0. The third-order valence-electron chi connectivity index (χ3n) is 2.24. The van der Waals surface area contributed by atoms with Gasteiger partial charge in [-0.15, -0.1) is 0 Å². The Morgan fingerprint density at radius 2 is 1.00 bits per heavy atom. The highest BCUT2D eigenvalue weighted by atomic mass is 19.2. The molecule has 0 saturated heterocycles. The zero-order valence-corrected chi connectivity index (χ0v) is 8.98. The summed E-state index contributed by atoms with van der Waals surface area (Å²) in [7, 11) is 0. The Labute approximate surface area is 101 Å². The van der Waals surface area contributed by atoms with Gasteiger partial charge in [-0.2, -0.15) is 0 Å². The maximum Gasteiger partial charge on any atom is 0.174 e. The van der Waals surface area contributed by atoms with Crippen molar-refractivity contribution in [3.8, 4) is 11.8 Å². The van der Waals surface area contributed by atoms with Gasteiger partial charge < -0.3 is 0 Å². The predicted molar refractivity (Wildman–Crippen MR) is 58.7 cm³/mol. The number of benzene rings is 2. The molecule has 90 valence electrons. The van der Waals surface area contributed by atoms with Crippen molar-refractivity contribution >= 4 is 0 Å². The first-order valence-electron chi connectivity index (χ1n) is 4.99. The minimum Gasteiger partial charge on any atom is -0.204 e. The van der Waals surface area contributed by atoms with Gasteiger partial charge in [-0.3, -0.25) is 0 Å². The molecule has 4 heteroatoms. The smallest absolute Gasteiger partial charge is 0.174 e. The standard InChI is InChI=1S/C14H6F4/c15-11-5-1-3-9(13(11)17)7-8-10-4-2-6-12(16)14(10)18/h1-6H. The molecule has 0 aliphatic heterocycles. The zero-order chi connectivity index (χ0) is 13.1. The van der Waals surface area contributed by atoms with Crippen LogP contribution < -0.4 is 0 Å². The fourth-order valence-electron chi connectivity index (χ4n) is 1.34. The molecule has 0 aliphatic carbocycles. The Balaban J connectivity index is 2.44. The van der Waals surface area contributed by atoms with E-state index in [1.165, 1.54) is 24.3 Å². The first kappa shape index (κ1) is 12.2. The van der Waals surface area contributed by atoms with Crippen LogP contribution in [0.15, 0.2) is 36.4 Å². The summed E-state index contributed by atoms with van der Waals surface area (Å²) in [4.78, 5) is 0. The lowest BCUT2D eigenvalue weighted by Crippen LogP contribution is -1.90. The summed E-state index contributed by atoms with van der Waals surface area (Å²) in [6.45, 7) is 0. The van der Waals surface area contributed by atoms with Crippen molar-refractivity contribution in [1.29, 1.82) is 0 Å². The summed E-state index contributed by atoms with van der Waals surface area (Å²) in [5, 5.41) is 0. The molecule has 0 N–H and O–H groups in total. The van der Waals surface area contributed by atoms with Crippen molar-refractivity contribution in [3.63, 3.8) is 0 Å². The molecule has 0 amide bonds. The molecule has 0 aliphatic rings. The fourth-order valence-corrected chi connectivity index (χ4v) is 1.34. The monoisotopic (exact) mass is 250 g/mol. The Kier molecular flexibility index (Phi) is 3.33. The predicted octanol–water partition coefficient (Wildman–Crippen LogP) is 3.64. The van der Waals surface area contributed by atoms with Crippen LogP contribution in [0.2, 0.25) is 0 Å². The van der Waals surface area contributed by atoms with Crippen molar-refractivity contribution in [2.75, 3.05) is 0 Å². The number of hydrogen-bond acceptors (Lipinski definition) is 0. The van der Waals surface area contributed by atoms with Gasteiger partial charge in [0.05, 0.1) is 11.1 Å². The summed E-state index contributed by atoms with van der Waals surface area (Å²) >= 11 is 0. The number of halogens is 4. The van der Waals surface area contributed by atoms with Gasteiger partial charge in [0.1, 0.15) is 0 Å². The largest absolute Gasteiger partial charge is 0.204 e. The van der Waals surface area contributed by atoms with Crippen LogP contribution in [0.5, 0.6) is 0 Å². The molecule has 2 rings (SSSR count). The lowest BCUT2D eigenvalue weighted by atomic mass is 10.1. The zero-order valence-electron chi connectivity index (χ0n) is 8.98. The molecule has 2 aromatic carbocycles. The van der Waals surface area contributed by atoms with Crippen molar-refractivity contribution in [1.82, 2.24) is 0 Å². The van der Waals surface area contributed by atoms with Gasteiger partial charge in [0.2, 0.25) is 0 Å². The molecule has 0 nitrogen and oxygen atoms in total. The fraction of sp³-hybridized carbons (Fsp3) is 0. The molecular formula is C14H6F4. The van der Waals surface area contributed by atoms with E-state index in [0.29, 0.717) is 0 Å². The van der Waals surface area contributed by atoms with Gasteiger partial charge in [-0.25, -0.2) is 17.6 Å². The van der Waals surface area contributed by atoms with Gasteiger partial charge in [0.25, 0.3) is 0 Å². The first-order chi connectivity index (χ1) is 8.59. The van der Waals surface area contributed by atoms with Crippen LogP contribution in [0.4, 0.5) is 17.6 Å². The highest BCUT2D eigenvalue weighted by Gasteiger charge is 2.06. The van der Waals surface area contributed by atoms with Crippen molar-refractivity contribution in [2.45, 2.75) is 0 Å². The van der Waals surface area contributed by atoms with Crippen LogP contribution in [0.3, 0.4) is 0 Å². The van der Waals surface area contributed by atoms with E-state index in [1.807, 2.05) is 0 Å². The van der Waals surface area contributed by atoms with E-state index in [4.69, 9.17) is 0 Å². The van der Waals surface area contributed by atoms with Crippen LogP contribution >= 0.6 is 0 Å². The molecule has 0 aromatic heterocycles. The summed E-state index contributed by atoms with van der Waals surface area (Å²) in [5.41, 5.74) is -0.419. The second-order valence-corrected chi connectivity index (χ2v) is 3.45. The van der Waals surface area contributed by atoms with Crippen molar-refractivity contribution in [2.24, 2.45) is 0 Å². The third kappa shape index (κ3) is 2.35. The molecule has 18 heavy (non-hydrogen) atoms. The summed E-state index contributed by atoms with van der Waals surface area (Å²) in [5.74, 6) is 0.233. The second-order valence-electron chi connectivity index (χ2n) is 3.45. The quantitative estimate of drug-likeness (QED) is 0.494. The average molecular weight is 250 g/mol. The normalized spacial score (nSPS) is 9.78. The van der Waals surface area contributed by atoms with Crippen LogP contribution in [0.1, 0.15) is 11.1 Å². The maximum atomic E-state index is 13.2. The van der Waals surface area contributed by atoms with E-state index in [-0.39, 0.29) is 11.1 Å². The Morgan fingerprint density at radius 3 is 1.39 bits per heavy atom. The van der Waals surface area contributed by atoms with E-state index in [2.05, 4.69) is 11.8 Å². The molecule has 0 fully saturated rings. The van der Waals surface area contributed by atoms with E-state index in [9.17, 15) is 17.6 Å². The Bertz CT molecular complexity index is 595. The molecule has 0 saturated carbocycles. The van der Waals surface area contributed by atoms with E-state index in [1.54, 1.807) is 0 Å². The molecule has 2 aromatic rings. The molecule has 0 heterocycles. The van der Waals surface area contributed by atoms with Gasteiger partial charge in [-0.05, 0) is 24.3 Å². The van der Waals surface area contributed by atoms with E-state index >= 15 is 0 Å². The van der Waals surface area contributed by atoms with Crippen molar-refractivity contribution < 1.29 is 17.6 Å². The molecule has 0 atom stereocenters. The minimum atomic E-state index is -1.11. The second kappa shape index (κ2) is 4.92. The lowest BCUT2D eigenvalue weighted by molar-refractivity contribution is 0.506. The van der Waals surface area contributed by atoms with E-state index in [0.717, 1.165) is 12.1 Å². The molecular weight excluding hydrogens is 244 g/mol.